The van der Waals surface area contributed by atoms with Gasteiger partial charge in [0.15, 0.2) is 0 Å². The largest absolute Gasteiger partial charge is 0.434 e. The lowest BCUT2D eigenvalue weighted by atomic mass is 10.1. The van der Waals surface area contributed by atoms with Crippen molar-refractivity contribution in [3.63, 3.8) is 0 Å². The molecule has 2 rings (SSSR count). The van der Waals surface area contributed by atoms with Crippen LogP contribution in [0, 0.1) is 5.92 Å². The van der Waals surface area contributed by atoms with E-state index in [1.54, 1.807) is 12.1 Å². The standard InChI is InChI=1S/C18H28F2N2O2/c1-14(2)11-22-9-8-21(13-16(22)7-10-23)12-15-5-3-4-6-17(15)24-18(19)20/h3-6,14,16,18,23H,7-13H2,1-2H3/t16-/m1/s1. The number of hydrogen-bond acceptors (Lipinski definition) is 4. The quantitative estimate of drug-likeness (QED) is 0.788. The van der Waals surface area contributed by atoms with Crippen molar-refractivity contribution in [1.82, 2.24) is 9.80 Å². The highest BCUT2D eigenvalue weighted by Gasteiger charge is 2.27. The second-order valence-electron chi connectivity index (χ2n) is 6.78. The van der Waals surface area contributed by atoms with Crippen molar-refractivity contribution in [1.29, 1.82) is 0 Å². The number of aliphatic hydroxyl groups is 1. The smallest absolute Gasteiger partial charge is 0.387 e. The minimum Gasteiger partial charge on any atom is -0.434 e. The third-order valence-corrected chi connectivity index (χ3v) is 4.33. The first-order valence-corrected chi connectivity index (χ1v) is 8.59. The minimum atomic E-state index is -2.81. The Hall–Kier alpha value is -1.24. The van der Waals surface area contributed by atoms with E-state index >= 15 is 0 Å². The van der Waals surface area contributed by atoms with Crippen molar-refractivity contribution in [2.24, 2.45) is 5.92 Å². The Labute approximate surface area is 143 Å². The van der Waals surface area contributed by atoms with Crippen LogP contribution in [0.25, 0.3) is 0 Å². The van der Waals surface area contributed by atoms with Gasteiger partial charge in [0.05, 0.1) is 0 Å². The lowest BCUT2D eigenvalue weighted by Gasteiger charge is -2.42. The van der Waals surface area contributed by atoms with Crippen molar-refractivity contribution < 1.29 is 18.6 Å². The first-order valence-electron chi connectivity index (χ1n) is 8.59. The van der Waals surface area contributed by atoms with Crippen LogP contribution in [-0.2, 0) is 6.54 Å². The third kappa shape index (κ3) is 5.69. The van der Waals surface area contributed by atoms with Gasteiger partial charge in [0.2, 0.25) is 0 Å². The molecule has 0 spiro atoms. The molecule has 0 aliphatic carbocycles. The van der Waals surface area contributed by atoms with Gasteiger partial charge in [0.25, 0.3) is 0 Å². The molecule has 24 heavy (non-hydrogen) atoms. The number of nitrogens with zero attached hydrogens (tertiary/aromatic N) is 2. The fourth-order valence-corrected chi connectivity index (χ4v) is 3.32. The van der Waals surface area contributed by atoms with Crippen LogP contribution in [-0.4, -0.2) is 60.3 Å². The molecular weight excluding hydrogens is 314 g/mol. The fraction of sp³-hybridized carbons (Fsp3) is 0.667. The highest BCUT2D eigenvalue weighted by molar-refractivity contribution is 5.33. The van der Waals surface area contributed by atoms with E-state index in [0.717, 1.165) is 38.2 Å². The lowest BCUT2D eigenvalue weighted by molar-refractivity contribution is -0.0510. The molecule has 1 aliphatic heterocycles. The number of ether oxygens (including phenoxy) is 1. The summed E-state index contributed by atoms with van der Waals surface area (Å²) in [6.07, 6.45) is 0.735. The molecule has 0 saturated carbocycles. The van der Waals surface area contributed by atoms with Crippen LogP contribution < -0.4 is 4.74 Å². The summed E-state index contributed by atoms with van der Waals surface area (Å²) in [6, 6.07) is 7.26. The SMILES string of the molecule is CC(C)CN1CCN(Cc2ccccc2OC(F)F)C[C@H]1CCO. The zero-order valence-corrected chi connectivity index (χ0v) is 14.5. The molecular formula is C18H28F2N2O2. The Morgan fingerprint density at radius 1 is 1.25 bits per heavy atom. The average molecular weight is 342 g/mol. The van der Waals surface area contributed by atoms with Crippen LogP contribution in [0.3, 0.4) is 0 Å². The summed E-state index contributed by atoms with van der Waals surface area (Å²) in [7, 11) is 0. The van der Waals surface area contributed by atoms with Gasteiger partial charge in [-0.2, -0.15) is 8.78 Å². The summed E-state index contributed by atoms with van der Waals surface area (Å²) in [5, 5.41) is 9.34. The van der Waals surface area contributed by atoms with Gasteiger partial charge in [-0.1, -0.05) is 32.0 Å². The zero-order valence-electron chi connectivity index (χ0n) is 14.5. The minimum absolute atomic E-state index is 0.165. The van der Waals surface area contributed by atoms with E-state index in [2.05, 4.69) is 28.4 Å². The van der Waals surface area contributed by atoms with Crippen LogP contribution in [0.1, 0.15) is 25.8 Å². The Morgan fingerprint density at radius 2 is 2.00 bits per heavy atom. The first-order chi connectivity index (χ1) is 11.5. The Kier molecular flexibility index (Phi) is 7.40. The molecule has 1 aliphatic rings. The molecule has 0 radical (unpaired) electrons. The predicted octanol–water partition coefficient (Wildman–Crippen LogP) is 2.81. The molecule has 1 aromatic rings. The van der Waals surface area contributed by atoms with Crippen LogP contribution in [0.4, 0.5) is 8.78 Å². The second-order valence-corrected chi connectivity index (χ2v) is 6.78. The summed E-state index contributed by atoms with van der Waals surface area (Å²) in [4.78, 5) is 4.68. The Balaban J connectivity index is 2.01. The van der Waals surface area contributed by atoms with E-state index in [0.29, 0.717) is 18.5 Å². The molecule has 0 amide bonds. The Bertz CT molecular complexity index is 500. The Morgan fingerprint density at radius 3 is 2.67 bits per heavy atom. The van der Waals surface area contributed by atoms with Gasteiger partial charge in [0, 0.05) is 50.9 Å². The first kappa shape index (κ1) is 19.1. The molecule has 6 heteroatoms. The molecule has 1 N–H and O–H groups in total. The van der Waals surface area contributed by atoms with E-state index in [-0.39, 0.29) is 12.4 Å². The lowest BCUT2D eigenvalue weighted by Crippen LogP contribution is -2.53. The van der Waals surface area contributed by atoms with Crippen LogP contribution in [0.5, 0.6) is 5.75 Å². The summed E-state index contributed by atoms with van der Waals surface area (Å²) in [5.74, 6) is 0.828. The van der Waals surface area contributed by atoms with E-state index < -0.39 is 6.61 Å². The molecule has 1 heterocycles. The maximum absolute atomic E-state index is 12.5. The normalized spacial score (nSPS) is 20.0. The predicted molar refractivity (Wildman–Crippen MR) is 90.3 cm³/mol. The number of alkyl halides is 2. The number of benzene rings is 1. The van der Waals surface area contributed by atoms with Crippen molar-refractivity contribution in [2.75, 3.05) is 32.8 Å². The molecule has 136 valence electrons. The maximum Gasteiger partial charge on any atom is 0.387 e. The van der Waals surface area contributed by atoms with Crippen molar-refractivity contribution in [3.8, 4) is 5.75 Å². The van der Waals surface area contributed by atoms with Gasteiger partial charge in [-0.05, 0) is 18.4 Å². The van der Waals surface area contributed by atoms with Crippen LogP contribution in [0.15, 0.2) is 24.3 Å². The molecule has 0 aromatic heterocycles. The molecule has 4 nitrogen and oxygen atoms in total. The van der Waals surface area contributed by atoms with Gasteiger partial charge < -0.3 is 9.84 Å². The average Bonchev–Trinajstić information content (AvgIpc) is 2.51. The number of rotatable bonds is 8. The number of halogens is 2. The maximum atomic E-state index is 12.5. The molecule has 1 atom stereocenters. The van der Waals surface area contributed by atoms with Crippen molar-refractivity contribution >= 4 is 0 Å². The van der Waals surface area contributed by atoms with E-state index in [1.807, 2.05) is 12.1 Å². The monoisotopic (exact) mass is 342 g/mol. The zero-order chi connectivity index (χ0) is 17.5. The summed E-state index contributed by atoms with van der Waals surface area (Å²) >= 11 is 0. The van der Waals surface area contributed by atoms with Crippen LogP contribution in [0.2, 0.25) is 0 Å². The number of aliphatic hydroxyl groups excluding tert-OH is 1. The number of piperazine rings is 1. The topological polar surface area (TPSA) is 35.9 Å². The van der Waals surface area contributed by atoms with E-state index in [4.69, 9.17) is 0 Å². The van der Waals surface area contributed by atoms with Crippen molar-refractivity contribution in [2.45, 2.75) is 39.5 Å². The molecule has 1 fully saturated rings. The molecule has 1 aromatic carbocycles. The highest BCUT2D eigenvalue weighted by atomic mass is 19.3. The van der Waals surface area contributed by atoms with Gasteiger partial charge >= 0.3 is 6.61 Å². The summed E-state index contributed by atoms with van der Waals surface area (Å²) in [5.41, 5.74) is 0.776. The highest BCUT2D eigenvalue weighted by Crippen LogP contribution is 2.24. The third-order valence-electron chi connectivity index (χ3n) is 4.33. The molecule has 0 bridgehead atoms. The molecule has 1 saturated heterocycles. The molecule has 0 unspecified atom stereocenters. The summed E-state index contributed by atoms with van der Waals surface area (Å²) in [6.45, 7) is 5.99. The second kappa shape index (κ2) is 9.30. The van der Waals surface area contributed by atoms with Crippen molar-refractivity contribution in [3.05, 3.63) is 29.8 Å². The van der Waals surface area contributed by atoms with Crippen LogP contribution >= 0.6 is 0 Å². The summed E-state index contributed by atoms with van der Waals surface area (Å²) < 4.78 is 29.7. The van der Waals surface area contributed by atoms with Gasteiger partial charge in [-0.25, -0.2) is 0 Å². The number of hydrogen-bond donors (Lipinski definition) is 1. The van der Waals surface area contributed by atoms with E-state index in [1.165, 1.54) is 0 Å². The van der Waals surface area contributed by atoms with E-state index in [9.17, 15) is 13.9 Å². The van der Waals surface area contributed by atoms with Gasteiger partial charge in [-0.15, -0.1) is 0 Å². The fourth-order valence-electron chi connectivity index (χ4n) is 3.32. The van der Waals surface area contributed by atoms with Gasteiger partial charge in [-0.3, -0.25) is 9.80 Å². The van der Waals surface area contributed by atoms with Gasteiger partial charge in [0.1, 0.15) is 5.75 Å². The number of para-hydroxylation sites is 1.